The van der Waals surface area contributed by atoms with Crippen molar-refractivity contribution in [3.8, 4) is 23.1 Å². The van der Waals surface area contributed by atoms with Crippen molar-refractivity contribution in [2.45, 2.75) is 6.04 Å². The molecule has 160 valence electrons. The number of ether oxygens (including phenoxy) is 2. The lowest BCUT2D eigenvalue weighted by atomic mass is 9.93. The summed E-state index contributed by atoms with van der Waals surface area (Å²) in [6.45, 7) is 3.99. The highest BCUT2D eigenvalue weighted by Crippen LogP contribution is 2.37. The molecule has 7 nitrogen and oxygen atoms in total. The molecule has 1 atom stereocenters. The van der Waals surface area contributed by atoms with Gasteiger partial charge in [0.2, 0.25) is 0 Å². The van der Waals surface area contributed by atoms with Gasteiger partial charge >= 0.3 is 0 Å². The van der Waals surface area contributed by atoms with Gasteiger partial charge in [0.25, 0.3) is 0 Å². The molecule has 0 amide bonds. The van der Waals surface area contributed by atoms with Crippen molar-refractivity contribution in [3.05, 3.63) is 96.5 Å². The zero-order valence-electron chi connectivity index (χ0n) is 17.9. The largest absolute Gasteiger partial charge is 0.493 e. The average Bonchev–Trinajstić information content (AvgIpc) is 2.87. The molecular formula is C25H23N5O2. The number of rotatable bonds is 8. The maximum absolute atomic E-state index is 5.56. The Morgan fingerprint density at radius 3 is 2.22 bits per heavy atom. The van der Waals surface area contributed by atoms with Crippen molar-refractivity contribution in [2.75, 3.05) is 19.5 Å². The molecule has 0 bridgehead atoms. The molecule has 0 fully saturated rings. The highest BCUT2D eigenvalue weighted by Gasteiger charge is 2.21. The lowest BCUT2D eigenvalue weighted by Crippen LogP contribution is -2.15. The number of aromatic nitrogens is 4. The van der Waals surface area contributed by atoms with E-state index in [1.54, 1.807) is 45.0 Å². The van der Waals surface area contributed by atoms with Gasteiger partial charge in [0.05, 0.1) is 20.3 Å². The van der Waals surface area contributed by atoms with E-state index in [9.17, 15) is 0 Å². The van der Waals surface area contributed by atoms with Crippen molar-refractivity contribution in [1.29, 1.82) is 0 Å². The summed E-state index contributed by atoms with van der Waals surface area (Å²) < 4.78 is 11.0. The van der Waals surface area contributed by atoms with Crippen LogP contribution in [-0.4, -0.2) is 34.2 Å². The second-order valence-electron chi connectivity index (χ2n) is 6.87. The summed E-state index contributed by atoms with van der Waals surface area (Å²) in [7, 11) is 3.24. The average molecular weight is 425 g/mol. The van der Waals surface area contributed by atoms with E-state index < -0.39 is 0 Å². The molecule has 0 saturated carbocycles. The van der Waals surface area contributed by atoms with Crippen LogP contribution in [-0.2, 0) is 0 Å². The van der Waals surface area contributed by atoms with Gasteiger partial charge in [0.1, 0.15) is 5.82 Å². The summed E-state index contributed by atoms with van der Waals surface area (Å²) in [5.74, 6) is 2.82. The van der Waals surface area contributed by atoms with Gasteiger partial charge in [-0.25, -0.2) is 19.9 Å². The Hall–Kier alpha value is -4.26. The standard InChI is InChI=1S/C25H23N5O2/c1-4-17-15-20(31-2)21(32-3)16-19(17)23(18-9-6-5-7-10-18)29-22-11-14-28-25(30-22)24-26-12-8-13-27-24/h4-16,23H,1H2,2-3H3,(H,28,29,30). The first-order chi connectivity index (χ1) is 15.7. The Kier molecular flexibility index (Phi) is 6.36. The van der Waals surface area contributed by atoms with E-state index in [1.807, 2.05) is 36.4 Å². The summed E-state index contributed by atoms with van der Waals surface area (Å²) >= 11 is 0. The number of nitrogens with one attached hydrogen (secondary N) is 1. The van der Waals surface area contributed by atoms with E-state index in [0.29, 0.717) is 29.0 Å². The number of anilines is 1. The van der Waals surface area contributed by atoms with E-state index in [0.717, 1.165) is 16.7 Å². The Labute approximate surface area is 186 Å². The minimum absolute atomic E-state index is 0.233. The first-order valence-electron chi connectivity index (χ1n) is 10.0. The fourth-order valence-electron chi connectivity index (χ4n) is 3.43. The van der Waals surface area contributed by atoms with Crippen LogP contribution in [0, 0.1) is 0 Å². The Balaban J connectivity index is 1.80. The molecule has 0 spiro atoms. The monoisotopic (exact) mass is 425 g/mol. The summed E-state index contributed by atoms with van der Waals surface area (Å²) in [4.78, 5) is 17.4. The second-order valence-corrected chi connectivity index (χ2v) is 6.87. The topological polar surface area (TPSA) is 82.0 Å². The van der Waals surface area contributed by atoms with Crippen LogP contribution in [0.25, 0.3) is 17.7 Å². The molecule has 4 aromatic rings. The fourth-order valence-corrected chi connectivity index (χ4v) is 3.43. The van der Waals surface area contributed by atoms with Gasteiger partial charge in [-0.3, -0.25) is 0 Å². The van der Waals surface area contributed by atoms with Crippen molar-refractivity contribution in [1.82, 2.24) is 19.9 Å². The number of nitrogens with zero attached hydrogens (tertiary/aromatic N) is 4. The van der Waals surface area contributed by atoms with Gasteiger partial charge in [0, 0.05) is 18.6 Å². The Morgan fingerprint density at radius 2 is 1.53 bits per heavy atom. The van der Waals surface area contributed by atoms with Gasteiger partial charge in [-0.1, -0.05) is 43.0 Å². The van der Waals surface area contributed by atoms with Crippen molar-refractivity contribution >= 4 is 11.9 Å². The number of benzene rings is 2. The molecule has 0 aliphatic rings. The molecule has 1 unspecified atom stereocenters. The quantitative estimate of drug-likeness (QED) is 0.434. The zero-order chi connectivity index (χ0) is 22.3. The smallest absolute Gasteiger partial charge is 0.199 e. The van der Waals surface area contributed by atoms with Gasteiger partial charge < -0.3 is 14.8 Å². The van der Waals surface area contributed by atoms with Crippen LogP contribution in [0.1, 0.15) is 22.7 Å². The van der Waals surface area contributed by atoms with E-state index >= 15 is 0 Å². The molecule has 0 aliphatic carbocycles. The second kappa shape index (κ2) is 9.70. The van der Waals surface area contributed by atoms with Crippen LogP contribution < -0.4 is 14.8 Å². The predicted octanol–water partition coefficient (Wildman–Crippen LogP) is 4.80. The molecule has 0 saturated heterocycles. The molecule has 4 rings (SSSR count). The third kappa shape index (κ3) is 4.41. The van der Waals surface area contributed by atoms with E-state index in [1.165, 1.54) is 0 Å². The van der Waals surface area contributed by atoms with Crippen LogP contribution >= 0.6 is 0 Å². The summed E-state index contributed by atoms with van der Waals surface area (Å²) in [5, 5.41) is 3.53. The van der Waals surface area contributed by atoms with Crippen molar-refractivity contribution in [2.24, 2.45) is 0 Å². The van der Waals surface area contributed by atoms with Crippen LogP contribution in [0.3, 0.4) is 0 Å². The third-order valence-corrected chi connectivity index (χ3v) is 4.97. The van der Waals surface area contributed by atoms with E-state index in [-0.39, 0.29) is 6.04 Å². The number of hydrogen-bond acceptors (Lipinski definition) is 7. The Bertz CT molecular complexity index is 1200. The van der Waals surface area contributed by atoms with Crippen molar-refractivity contribution < 1.29 is 9.47 Å². The molecule has 1 N–H and O–H groups in total. The summed E-state index contributed by atoms with van der Waals surface area (Å²) in [6, 6.07) is 17.3. The van der Waals surface area contributed by atoms with Gasteiger partial charge in [0.15, 0.2) is 23.1 Å². The summed E-state index contributed by atoms with van der Waals surface area (Å²) in [5.41, 5.74) is 2.95. The van der Waals surface area contributed by atoms with E-state index in [4.69, 9.17) is 9.47 Å². The molecule has 32 heavy (non-hydrogen) atoms. The number of hydrogen-bond donors (Lipinski definition) is 1. The lowest BCUT2D eigenvalue weighted by Gasteiger charge is -2.24. The van der Waals surface area contributed by atoms with Crippen LogP contribution in [0.2, 0.25) is 0 Å². The third-order valence-electron chi connectivity index (χ3n) is 4.97. The van der Waals surface area contributed by atoms with Crippen molar-refractivity contribution in [3.63, 3.8) is 0 Å². The maximum atomic E-state index is 5.56. The minimum atomic E-state index is -0.233. The number of methoxy groups -OCH3 is 2. The van der Waals surface area contributed by atoms with Gasteiger partial charge in [-0.15, -0.1) is 0 Å². The Morgan fingerprint density at radius 1 is 0.844 bits per heavy atom. The first kappa shape index (κ1) is 21.0. The molecule has 2 aromatic carbocycles. The van der Waals surface area contributed by atoms with E-state index in [2.05, 4.69) is 44.0 Å². The molecule has 2 aromatic heterocycles. The molecular weight excluding hydrogens is 402 g/mol. The zero-order valence-corrected chi connectivity index (χ0v) is 17.9. The maximum Gasteiger partial charge on any atom is 0.199 e. The van der Waals surface area contributed by atoms with Crippen LogP contribution in [0.15, 0.2) is 79.8 Å². The SMILES string of the molecule is C=Cc1cc(OC)c(OC)cc1C(Nc1ccnc(-c2ncccn2)n1)c1ccccc1. The molecule has 7 heteroatoms. The highest BCUT2D eigenvalue weighted by atomic mass is 16.5. The highest BCUT2D eigenvalue weighted by molar-refractivity contribution is 5.63. The summed E-state index contributed by atoms with van der Waals surface area (Å²) in [6.07, 6.45) is 6.82. The molecule has 0 radical (unpaired) electrons. The predicted molar refractivity (Wildman–Crippen MR) is 125 cm³/mol. The molecule has 0 aliphatic heterocycles. The fraction of sp³-hybridized carbons (Fsp3) is 0.120. The minimum Gasteiger partial charge on any atom is -0.493 e. The van der Waals surface area contributed by atoms with Crippen LogP contribution in [0.4, 0.5) is 5.82 Å². The van der Waals surface area contributed by atoms with Gasteiger partial charge in [-0.2, -0.15) is 0 Å². The van der Waals surface area contributed by atoms with Gasteiger partial charge in [-0.05, 0) is 41.0 Å². The lowest BCUT2D eigenvalue weighted by molar-refractivity contribution is 0.354. The molecule has 2 heterocycles. The van der Waals surface area contributed by atoms with Crippen LogP contribution in [0.5, 0.6) is 11.5 Å². The normalized spacial score (nSPS) is 11.4. The first-order valence-corrected chi connectivity index (χ1v) is 10.0.